The Hall–Kier alpha value is -2.36. The van der Waals surface area contributed by atoms with Crippen LogP contribution in [0.15, 0.2) is 42.2 Å². The minimum Gasteiger partial charge on any atom is -0.312 e. The monoisotopic (exact) mass is 335 g/mol. The normalized spacial score (nSPS) is 20.2. The van der Waals surface area contributed by atoms with Crippen LogP contribution in [0.2, 0.25) is 0 Å². The van der Waals surface area contributed by atoms with Gasteiger partial charge >= 0.3 is 0 Å². The van der Waals surface area contributed by atoms with Gasteiger partial charge in [0.2, 0.25) is 0 Å². The maximum absolute atomic E-state index is 13.4. The summed E-state index contributed by atoms with van der Waals surface area (Å²) in [6.07, 6.45) is 9.88. The van der Waals surface area contributed by atoms with Crippen molar-refractivity contribution >= 4 is 5.91 Å². The van der Waals surface area contributed by atoms with Crippen molar-refractivity contribution in [2.24, 2.45) is 13.0 Å². The van der Waals surface area contributed by atoms with Crippen molar-refractivity contribution in [3.8, 4) is 11.3 Å². The Morgan fingerprint density at radius 1 is 1.24 bits per heavy atom. The smallest absolute Gasteiger partial charge is 0.261 e. The van der Waals surface area contributed by atoms with E-state index in [0.717, 1.165) is 30.6 Å². The van der Waals surface area contributed by atoms with Gasteiger partial charge in [-0.2, -0.15) is 5.10 Å². The van der Waals surface area contributed by atoms with Crippen LogP contribution in [0.5, 0.6) is 0 Å². The number of benzene rings is 1. The van der Waals surface area contributed by atoms with Crippen molar-refractivity contribution in [1.29, 1.82) is 0 Å². The van der Waals surface area contributed by atoms with E-state index in [1.165, 1.54) is 30.5 Å². The number of fused-ring (bicyclic) bond motifs is 1. The molecule has 2 aromatic rings. The second-order valence-electron chi connectivity index (χ2n) is 7.26. The quantitative estimate of drug-likeness (QED) is 0.820. The second-order valence-corrected chi connectivity index (χ2v) is 7.26. The third-order valence-corrected chi connectivity index (χ3v) is 5.48. The molecule has 4 heteroatoms. The van der Waals surface area contributed by atoms with E-state index in [4.69, 9.17) is 0 Å². The van der Waals surface area contributed by atoms with Crippen LogP contribution < -0.4 is 0 Å². The zero-order valence-corrected chi connectivity index (χ0v) is 15.0. The van der Waals surface area contributed by atoms with Crippen LogP contribution in [0.1, 0.15) is 48.0 Å². The number of allylic oxidation sites excluding steroid dienone is 2. The first-order valence-electron chi connectivity index (χ1n) is 9.26. The second kappa shape index (κ2) is 6.51. The van der Waals surface area contributed by atoms with Gasteiger partial charge in [0, 0.05) is 24.9 Å². The lowest BCUT2D eigenvalue weighted by molar-refractivity contribution is 0.0749. The summed E-state index contributed by atoms with van der Waals surface area (Å²) in [6.45, 7) is 2.90. The van der Waals surface area contributed by atoms with Gasteiger partial charge in [-0.3, -0.25) is 9.48 Å². The van der Waals surface area contributed by atoms with Crippen molar-refractivity contribution in [3.63, 3.8) is 0 Å². The molecule has 2 aliphatic rings. The van der Waals surface area contributed by atoms with Gasteiger partial charge < -0.3 is 4.90 Å². The number of piperidine rings is 1. The highest BCUT2D eigenvalue weighted by Gasteiger charge is 2.32. The molecule has 0 radical (unpaired) electrons. The van der Waals surface area contributed by atoms with Crippen LogP contribution in [0.25, 0.3) is 11.3 Å². The number of carbonyl (C=O) groups excluding carboxylic acids is 1. The topological polar surface area (TPSA) is 38.1 Å². The van der Waals surface area contributed by atoms with E-state index in [1.807, 2.05) is 22.7 Å². The highest BCUT2D eigenvalue weighted by molar-refractivity contribution is 6.01. The molecule has 1 saturated heterocycles. The number of carbonyl (C=O) groups is 1. The minimum atomic E-state index is 0.0995. The molecule has 25 heavy (non-hydrogen) atoms. The van der Waals surface area contributed by atoms with Crippen molar-refractivity contribution in [3.05, 3.63) is 53.4 Å². The molecule has 1 amide bonds. The third-order valence-electron chi connectivity index (χ3n) is 5.48. The molecule has 1 atom stereocenters. The van der Waals surface area contributed by atoms with E-state index < -0.39 is 0 Å². The SMILES string of the molecule is Cc1cccc(-c2c(C(=O)N3CCCC4CCCC=C43)cnn2C)c1. The van der Waals surface area contributed by atoms with Crippen molar-refractivity contribution in [2.75, 3.05) is 6.54 Å². The van der Waals surface area contributed by atoms with Crippen LogP contribution in [-0.4, -0.2) is 27.1 Å². The number of likely N-dealkylation sites (tertiary alicyclic amines) is 1. The average Bonchev–Trinajstić information content (AvgIpc) is 3.02. The molecule has 0 N–H and O–H groups in total. The molecule has 1 aliphatic heterocycles. The van der Waals surface area contributed by atoms with Gasteiger partial charge in [-0.1, -0.05) is 29.8 Å². The lowest BCUT2D eigenvalue weighted by Gasteiger charge is -2.38. The van der Waals surface area contributed by atoms with Crippen LogP contribution in [0, 0.1) is 12.8 Å². The van der Waals surface area contributed by atoms with Crippen molar-refractivity contribution in [2.45, 2.75) is 39.0 Å². The van der Waals surface area contributed by atoms with Gasteiger partial charge in [0.15, 0.2) is 0 Å². The first kappa shape index (κ1) is 16.1. The van der Waals surface area contributed by atoms with E-state index in [1.54, 1.807) is 6.20 Å². The Balaban J connectivity index is 1.73. The molecular weight excluding hydrogens is 310 g/mol. The average molecular weight is 335 g/mol. The van der Waals surface area contributed by atoms with Crippen LogP contribution in [-0.2, 0) is 7.05 Å². The fourth-order valence-electron chi connectivity index (χ4n) is 4.27. The van der Waals surface area contributed by atoms with Gasteiger partial charge in [-0.25, -0.2) is 0 Å². The number of aryl methyl sites for hydroxylation is 2. The highest BCUT2D eigenvalue weighted by Crippen LogP contribution is 2.36. The van der Waals surface area contributed by atoms with E-state index in [2.05, 4.69) is 36.3 Å². The zero-order valence-electron chi connectivity index (χ0n) is 15.0. The zero-order chi connectivity index (χ0) is 17.4. The Bertz CT molecular complexity index is 833. The molecule has 1 aliphatic carbocycles. The maximum atomic E-state index is 13.4. The molecule has 1 aromatic carbocycles. The third kappa shape index (κ3) is 2.90. The molecule has 1 aromatic heterocycles. The van der Waals surface area contributed by atoms with Gasteiger partial charge in [-0.05, 0) is 51.0 Å². The highest BCUT2D eigenvalue weighted by atomic mass is 16.2. The fraction of sp³-hybridized carbons (Fsp3) is 0.429. The van der Waals surface area contributed by atoms with E-state index in [9.17, 15) is 4.79 Å². The predicted molar refractivity (Wildman–Crippen MR) is 99.1 cm³/mol. The summed E-state index contributed by atoms with van der Waals surface area (Å²) < 4.78 is 1.82. The molecule has 2 heterocycles. The van der Waals surface area contributed by atoms with Crippen LogP contribution in [0.4, 0.5) is 0 Å². The van der Waals surface area contributed by atoms with Crippen molar-refractivity contribution < 1.29 is 4.79 Å². The predicted octanol–water partition coefficient (Wildman–Crippen LogP) is 4.32. The van der Waals surface area contributed by atoms with Crippen LogP contribution in [0.3, 0.4) is 0 Å². The summed E-state index contributed by atoms with van der Waals surface area (Å²) in [5, 5.41) is 4.39. The van der Waals surface area contributed by atoms with Gasteiger partial charge in [0.05, 0.1) is 17.5 Å². The van der Waals surface area contributed by atoms with Crippen LogP contribution >= 0.6 is 0 Å². The molecule has 1 fully saturated rings. The Kier molecular flexibility index (Phi) is 4.20. The number of hydrogen-bond acceptors (Lipinski definition) is 2. The Morgan fingerprint density at radius 2 is 2.08 bits per heavy atom. The summed E-state index contributed by atoms with van der Waals surface area (Å²) in [7, 11) is 1.91. The number of nitrogens with zero attached hydrogens (tertiary/aromatic N) is 3. The largest absolute Gasteiger partial charge is 0.312 e. The first-order chi connectivity index (χ1) is 12.1. The molecule has 4 nitrogen and oxygen atoms in total. The first-order valence-corrected chi connectivity index (χ1v) is 9.26. The lowest BCUT2D eigenvalue weighted by atomic mass is 9.84. The van der Waals surface area contributed by atoms with Crippen molar-refractivity contribution in [1.82, 2.24) is 14.7 Å². The van der Waals surface area contributed by atoms with Gasteiger partial charge in [0.1, 0.15) is 0 Å². The Labute approximate surface area is 149 Å². The maximum Gasteiger partial charge on any atom is 0.261 e. The summed E-state index contributed by atoms with van der Waals surface area (Å²) in [5.74, 6) is 0.660. The number of amides is 1. The van der Waals surface area contributed by atoms with E-state index in [0.29, 0.717) is 11.5 Å². The fourth-order valence-corrected chi connectivity index (χ4v) is 4.27. The molecule has 0 spiro atoms. The van der Waals surface area contributed by atoms with E-state index >= 15 is 0 Å². The van der Waals surface area contributed by atoms with E-state index in [-0.39, 0.29) is 5.91 Å². The summed E-state index contributed by atoms with van der Waals surface area (Å²) in [5.41, 5.74) is 5.11. The standard InChI is InChI=1S/C21H25N3O/c1-15-7-5-9-17(13-15)20-18(14-22-23(20)2)21(25)24-12-6-10-16-8-3-4-11-19(16)24/h5,7,9,11,13-14,16H,3-4,6,8,10,12H2,1-2H3. The summed E-state index contributed by atoms with van der Waals surface area (Å²) >= 11 is 0. The molecule has 130 valence electrons. The molecule has 4 rings (SSSR count). The molecular formula is C21H25N3O. The molecule has 0 bridgehead atoms. The number of rotatable bonds is 2. The lowest BCUT2D eigenvalue weighted by Crippen LogP contribution is -2.39. The van der Waals surface area contributed by atoms with Gasteiger partial charge in [-0.15, -0.1) is 0 Å². The van der Waals surface area contributed by atoms with Gasteiger partial charge in [0.25, 0.3) is 5.91 Å². The summed E-state index contributed by atoms with van der Waals surface area (Å²) in [4.78, 5) is 15.4. The molecule has 0 saturated carbocycles. The Morgan fingerprint density at radius 3 is 2.92 bits per heavy atom. The number of aromatic nitrogens is 2. The molecule has 1 unspecified atom stereocenters. The minimum absolute atomic E-state index is 0.0995. The number of hydrogen-bond donors (Lipinski definition) is 0. The summed E-state index contributed by atoms with van der Waals surface area (Å²) in [6, 6.07) is 8.28.